The van der Waals surface area contributed by atoms with Crippen LogP contribution < -0.4 is 9.47 Å². The van der Waals surface area contributed by atoms with Crippen LogP contribution in [0.1, 0.15) is 103 Å². The Morgan fingerprint density at radius 2 is 0.809 bits per heavy atom. The summed E-state index contributed by atoms with van der Waals surface area (Å²) in [4.78, 5) is 0. The highest BCUT2D eigenvalue weighted by molar-refractivity contribution is 5.77. The Morgan fingerprint density at radius 1 is 0.309 bits per heavy atom. The summed E-state index contributed by atoms with van der Waals surface area (Å²) in [6.45, 7) is 0. The van der Waals surface area contributed by atoms with Crippen LogP contribution in [-0.2, 0) is 0 Å². The van der Waals surface area contributed by atoms with E-state index in [4.69, 9.17) is 9.47 Å². The third-order valence-electron chi connectivity index (χ3n) is 13.4. The summed E-state index contributed by atoms with van der Waals surface area (Å²) < 4.78 is 13.2. The van der Waals surface area contributed by atoms with Crippen molar-refractivity contribution in [2.75, 3.05) is 0 Å². The first-order valence-electron chi connectivity index (χ1n) is 21.8. The van der Waals surface area contributed by atoms with Crippen LogP contribution in [0.2, 0.25) is 0 Å². The molecule has 338 valence electrons. The predicted octanol–water partition coefficient (Wildman–Crippen LogP) is 10.7. The van der Waals surface area contributed by atoms with Gasteiger partial charge in [-0.25, -0.2) is 0 Å². The first-order chi connectivity index (χ1) is 32.8. The van der Waals surface area contributed by atoms with Gasteiger partial charge in [0.15, 0.2) is 0 Å². The molecule has 2 heterocycles. The minimum Gasteiger partial charge on any atom is -0.508 e. The summed E-state index contributed by atoms with van der Waals surface area (Å²) in [5, 5.41) is 110. The molecule has 3 aliphatic rings. The van der Waals surface area contributed by atoms with E-state index in [2.05, 4.69) is 0 Å². The van der Waals surface area contributed by atoms with Gasteiger partial charge in [0.05, 0.1) is 11.8 Å². The highest BCUT2D eigenvalue weighted by Gasteiger charge is 2.48. The maximum Gasteiger partial charge on any atom is 0.135 e. The molecule has 0 bridgehead atoms. The minimum atomic E-state index is -0.859. The Hall–Kier alpha value is -8.90. The molecule has 1 aliphatic carbocycles. The molecule has 12 nitrogen and oxygen atoms in total. The lowest BCUT2D eigenvalue weighted by molar-refractivity contribution is 0.221. The van der Waals surface area contributed by atoms with Gasteiger partial charge in [0.1, 0.15) is 81.2 Å². The average Bonchev–Trinajstić information content (AvgIpc) is 3.84. The summed E-state index contributed by atoms with van der Waals surface area (Å²) in [6.07, 6.45) is 2.15. The van der Waals surface area contributed by atoms with Crippen LogP contribution in [0.4, 0.5) is 0 Å². The lowest BCUT2D eigenvalue weighted by atomic mass is 9.72. The Labute approximate surface area is 388 Å². The Kier molecular flexibility index (Phi) is 9.78. The zero-order valence-electron chi connectivity index (χ0n) is 35.8. The highest BCUT2D eigenvalue weighted by atomic mass is 16.5. The fraction of sp³-hybridized carbons (Fsp3) is 0.107. The minimum absolute atomic E-state index is 0.00509. The van der Waals surface area contributed by atoms with E-state index in [9.17, 15) is 51.1 Å². The molecule has 0 aromatic heterocycles. The van der Waals surface area contributed by atoms with Crippen molar-refractivity contribution in [1.29, 1.82) is 0 Å². The third-order valence-corrected chi connectivity index (χ3v) is 13.4. The van der Waals surface area contributed by atoms with Crippen molar-refractivity contribution in [3.05, 3.63) is 212 Å². The predicted molar refractivity (Wildman–Crippen MR) is 251 cm³/mol. The van der Waals surface area contributed by atoms with Crippen LogP contribution in [0, 0.1) is 0 Å². The second-order valence-electron chi connectivity index (χ2n) is 17.6. The molecule has 0 saturated carbocycles. The zero-order valence-corrected chi connectivity index (χ0v) is 35.8. The first-order valence-corrected chi connectivity index (χ1v) is 21.8. The van der Waals surface area contributed by atoms with Gasteiger partial charge in [0.25, 0.3) is 0 Å². The Balaban J connectivity index is 1.10. The molecular formula is C56H42O12. The highest BCUT2D eigenvalue weighted by Crippen LogP contribution is 2.63. The maximum atomic E-state index is 12.1. The molecule has 68 heavy (non-hydrogen) atoms. The van der Waals surface area contributed by atoms with Crippen molar-refractivity contribution in [2.24, 2.45) is 0 Å². The van der Waals surface area contributed by atoms with Crippen molar-refractivity contribution in [3.8, 4) is 69.0 Å². The van der Waals surface area contributed by atoms with Crippen molar-refractivity contribution >= 4 is 12.2 Å². The molecule has 11 rings (SSSR count). The molecule has 0 radical (unpaired) electrons. The van der Waals surface area contributed by atoms with Crippen LogP contribution in [0.5, 0.6) is 69.0 Å². The molecule has 0 spiro atoms. The monoisotopic (exact) mass is 906 g/mol. The number of rotatable bonds is 7. The number of benzene rings is 8. The van der Waals surface area contributed by atoms with Crippen LogP contribution in [0.3, 0.4) is 0 Å². The lowest BCUT2D eigenvalue weighted by Crippen LogP contribution is -2.16. The van der Waals surface area contributed by atoms with E-state index in [0.717, 1.165) is 0 Å². The standard InChI is InChI=1S/C56H42O12/c57-33-10-4-28(5-11-33)49-51(42-23-40(64)26-47-53(42)54(43-22-39(63)24-45(66)52(43)49)56(68-47)30-8-14-35(59)15-9-30)41-17-27(2-16-44(41)65)1-3-31-18-38(62)25-46-48(31)50(32-19-36(60)21-37(61)20-32)55(67-46)29-6-12-34(58)13-7-29/h1-26,49-51,54-66H/b3-1+/t49-,50+,51-,54+,55-,56-/m1/s1. The van der Waals surface area contributed by atoms with E-state index < -0.39 is 35.9 Å². The van der Waals surface area contributed by atoms with Crippen molar-refractivity contribution in [3.63, 3.8) is 0 Å². The normalized spacial score (nSPS) is 19.9. The molecule has 0 unspecified atom stereocenters. The number of ether oxygens (including phenoxy) is 2. The van der Waals surface area contributed by atoms with Crippen LogP contribution in [0.15, 0.2) is 146 Å². The molecule has 8 aromatic rings. The van der Waals surface area contributed by atoms with E-state index in [1.807, 2.05) is 0 Å². The molecule has 0 saturated heterocycles. The van der Waals surface area contributed by atoms with Gasteiger partial charge in [0.2, 0.25) is 0 Å². The van der Waals surface area contributed by atoms with E-state index >= 15 is 0 Å². The van der Waals surface area contributed by atoms with Gasteiger partial charge < -0.3 is 60.5 Å². The summed E-state index contributed by atoms with van der Waals surface area (Å²) in [5.41, 5.74) is 6.91. The fourth-order valence-corrected chi connectivity index (χ4v) is 10.6. The third kappa shape index (κ3) is 7.10. The number of phenolic OH excluding ortho intramolecular Hbond substituents is 10. The van der Waals surface area contributed by atoms with Crippen LogP contribution >= 0.6 is 0 Å². The molecule has 8 aromatic carbocycles. The Morgan fingerprint density at radius 3 is 1.41 bits per heavy atom. The molecule has 10 N–H and O–H groups in total. The largest absolute Gasteiger partial charge is 0.508 e. The second-order valence-corrected chi connectivity index (χ2v) is 17.6. The van der Waals surface area contributed by atoms with Crippen molar-refractivity contribution in [2.45, 2.75) is 35.9 Å². The maximum absolute atomic E-state index is 12.1. The molecule has 0 amide bonds. The van der Waals surface area contributed by atoms with Gasteiger partial charge in [-0.15, -0.1) is 0 Å². The number of aromatic hydroxyl groups is 10. The topological polar surface area (TPSA) is 221 Å². The molecular weight excluding hydrogens is 865 g/mol. The zero-order chi connectivity index (χ0) is 47.1. The number of hydrogen-bond acceptors (Lipinski definition) is 12. The van der Waals surface area contributed by atoms with Crippen molar-refractivity contribution in [1.82, 2.24) is 0 Å². The number of phenols is 10. The quantitative estimate of drug-likeness (QED) is 0.0675. The van der Waals surface area contributed by atoms with Gasteiger partial charge in [-0.05, 0) is 123 Å². The van der Waals surface area contributed by atoms with Gasteiger partial charge in [-0.2, -0.15) is 0 Å². The van der Waals surface area contributed by atoms with Crippen LogP contribution in [-0.4, -0.2) is 51.1 Å². The summed E-state index contributed by atoms with van der Waals surface area (Å²) in [7, 11) is 0. The summed E-state index contributed by atoms with van der Waals surface area (Å²) >= 11 is 0. The molecule has 12 heteroatoms. The van der Waals surface area contributed by atoms with E-state index in [0.29, 0.717) is 78.3 Å². The van der Waals surface area contributed by atoms with Gasteiger partial charge in [-0.1, -0.05) is 54.6 Å². The SMILES string of the molecule is Oc1ccc([C@H]2c3c(O)cc(O)cc3[C@H]3c4c(cc(O)cc4[C@H]2c2cc(/C=C/c4cc(O)cc5c4[C@H](c4cc(O)cc(O)c4)[C@@H](c4ccc(O)cc4)O5)ccc2O)O[C@@H]3c2ccc(O)cc2)cc1. The van der Waals surface area contributed by atoms with E-state index in [1.165, 1.54) is 60.7 Å². The molecule has 6 atom stereocenters. The van der Waals surface area contributed by atoms with Crippen LogP contribution in [0.25, 0.3) is 12.2 Å². The number of hydrogen-bond donors (Lipinski definition) is 10. The lowest BCUT2D eigenvalue weighted by Gasteiger charge is -2.31. The van der Waals surface area contributed by atoms with Gasteiger partial charge in [0, 0.05) is 58.4 Å². The number of fused-ring (bicyclic) bond motifs is 3. The molecule has 2 aliphatic heterocycles. The summed E-state index contributed by atoms with van der Waals surface area (Å²) in [6, 6.07) is 38.0. The van der Waals surface area contributed by atoms with Gasteiger partial charge in [-0.3, -0.25) is 0 Å². The fourth-order valence-electron chi connectivity index (χ4n) is 10.6. The summed E-state index contributed by atoms with van der Waals surface area (Å²) in [5.74, 6) is -3.17. The van der Waals surface area contributed by atoms with Gasteiger partial charge >= 0.3 is 0 Å². The van der Waals surface area contributed by atoms with E-state index in [1.54, 1.807) is 97.1 Å². The second kappa shape index (κ2) is 15.9. The van der Waals surface area contributed by atoms with Crippen molar-refractivity contribution < 1.29 is 60.5 Å². The molecule has 0 fully saturated rings. The first kappa shape index (κ1) is 41.8. The Bertz CT molecular complexity index is 3310. The smallest absolute Gasteiger partial charge is 0.135 e. The average molecular weight is 907 g/mol. The van der Waals surface area contributed by atoms with E-state index in [-0.39, 0.29) is 57.5 Å².